The Morgan fingerprint density at radius 1 is 1.00 bits per heavy atom. The van der Waals surface area contributed by atoms with Crippen molar-refractivity contribution in [2.45, 2.75) is 113 Å². The number of rotatable bonds is 12. The second kappa shape index (κ2) is 11.9. The van der Waals surface area contributed by atoms with Crippen molar-refractivity contribution in [3.8, 4) is 0 Å². The van der Waals surface area contributed by atoms with E-state index in [0.717, 1.165) is 19.4 Å². The predicted octanol–water partition coefficient (Wildman–Crippen LogP) is 5.21. The Kier molecular flexibility index (Phi) is 9.94. The summed E-state index contributed by atoms with van der Waals surface area (Å²) in [4.78, 5) is 0. The summed E-state index contributed by atoms with van der Waals surface area (Å²) >= 11 is 4.12. The van der Waals surface area contributed by atoms with Gasteiger partial charge in [0.1, 0.15) is 18.3 Å². The Bertz CT molecular complexity index is 472. The quantitative estimate of drug-likeness (QED) is 0.380. The van der Waals surface area contributed by atoms with E-state index >= 15 is 0 Å². The highest BCUT2D eigenvalue weighted by Gasteiger charge is 2.57. The summed E-state index contributed by atoms with van der Waals surface area (Å²) in [6.45, 7) is 6.98. The smallest absolute Gasteiger partial charge is 0.186 e. The van der Waals surface area contributed by atoms with Crippen molar-refractivity contribution in [1.29, 1.82) is 0 Å². The molecule has 3 aliphatic heterocycles. The first-order valence-corrected chi connectivity index (χ1v) is 13.5. The largest absolute Gasteiger partial charge is 0.375 e. The predicted molar refractivity (Wildman–Crippen MR) is 121 cm³/mol. The Morgan fingerprint density at radius 2 is 1.69 bits per heavy atom. The van der Waals surface area contributed by atoms with Crippen LogP contribution in [-0.4, -0.2) is 66.3 Å². The lowest BCUT2D eigenvalue weighted by Gasteiger charge is -2.32. The lowest BCUT2D eigenvalue weighted by atomic mass is 10.0. The lowest BCUT2D eigenvalue weighted by Crippen LogP contribution is -2.41. The number of thioether (sulfide) groups is 2. The number of unbranched alkanes of at least 4 members (excludes halogenated alkanes) is 5. The van der Waals surface area contributed by atoms with Gasteiger partial charge < -0.3 is 23.7 Å². The van der Waals surface area contributed by atoms with Gasteiger partial charge in [0.2, 0.25) is 0 Å². The molecule has 29 heavy (non-hydrogen) atoms. The van der Waals surface area contributed by atoms with E-state index in [1.54, 1.807) is 7.11 Å². The molecule has 3 rings (SSSR count). The molecule has 0 bridgehead atoms. The molecule has 3 fully saturated rings. The molecule has 7 heteroatoms. The van der Waals surface area contributed by atoms with Gasteiger partial charge >= 0.3 is 0 Å². The van der Waals surface area contributed by atoms with Gasteiger partial charge in [0.15, 0.2) is 12.1 Å². The van der Waals surface area contributed by atoms with Crippen LogP contribution in [0.3, 0.4) is 0 Å². The molecular weight excluding hydrogens is 408 g/mol. The Balaban J connectivity index is 1.57. The minimum atomic E-state index is -0.605. The summed E-state index contributed by atoms with van der Waals surface area (Å²) in [5, 5.41) is 0. The molecule has 0 aromatic carbocycles. The van der Waals surface area contributed by atoms with Gasteiger partial charge in [-0.05, 0) is 44.6 Å². The average molecular weight is 449 g/mol. The first kappa shape index (κ1) is 24.1. The third kappa shape index (κ3) is 6.99. The van der Waals surface area contributed by atoms with Gasteiger partial charge in [-0.2, -0.15) is 0 Å². The zero-order valence-corrected chi connectivity index (χ0v) is 20.2. The van der Waals surface area contributed by atoms with Gasteiger partial charge in [-0.1, -0.05) is 39.0 Å². The first-order chi connectivity index (χ1) is 14.0. The highest BCUT2D eigenvalue weighted by Crippen LogP contribution is 2.43. The molecule has 5 nitrogen and oxygen atoms in total. The minimum absolute atomic E-state index is 0.0129. The number of ether oxygens (including phenoxy) is 5. The topological polar surface area (TPSA) is 46.2 Å². The molecule has 0 spiro atoms. The fourth-order valence-electron chi connectivity index (χ4n) is 4.36. The molecule has 0 aromatic rings. The van der Waals surface area contributed by atoms with Crippen LogP contribution in [-0.2, 0) is 23.7 Å². The van der Waals surface area contributed by atoms with Crippen molar-refractivity contribution in [3.05, 3.63) is 0 Å². The summed E-state index contributed by atoms with van der Waals surface area (Å²) in [6, 6.07) is 0. The normalized spacial score (nSPS) is 33.1. The van der Waals surface area contributed by atoms with Crippen LogP contribution in [0.25, 0.3) is 0 Å². The highest BCUT2D eigenvalue weighted by atomic mass is 32.2. The molecule has 0 aliphatic carbocycles. The SMILES string of the molecule is CCCCCCCCO[C@H](CC1SCCCS1)[C@H]1O[C@H](OC)[C@H]2OC(C)(C)O[C@H]21. The van der Waals surface area contributed by atoms with E-state index < -0.39 is 12.1 Å². The highest BCUT2D eigenvalue weighted by molar-refractivity contribution is 8.17. The van der Waals surface area contributed by atoms with Gasteiger partial charge in [-0.25, -0.2) is 0 Å². The third-order valence-electron chi connectivity index (χ3n) is 5.80. The van der Waals surface area contributed by atoms with E-state index in [1.165, 1.54) is 50.0 Å². The molecule has 0 saturated carbocycles. The van der Waals surface area contributed by atoms with Crippen molar-refractivity contribution in [2.75, 3.05) is 25.2 Å². The summed E-state index contributed by atoms with van der Waals surface area (Å²) in [5.41, 5.74) is 0. The molecule has 5 atom stereocenters. The maximum Gasteiger partial charge on any atom is 0.186 e. The van der Waals surface area contributed by atoms with E-state index in [-0.39, 0.29) is 24.4 Å². The maximum atomic E-state index is 6.46. The number of hydrogen-bond acceptors (Lipinski definition) is 7. The van der Waals surface area contributed by atoms with Gasteiger partial charge in [0.25, 0.3) is 0 Å². The van der Waals surface area contributed by atoms with Gasteiger partial charge in [0, 0.05) is 13.7 Å². The van der Waals surface area contributed by atoms with Gasteiger partial charge in [-0.3, -0.25) is 0 Å². The molecule has 170 valence electrons. The van der Waals surface area contributed by atoms with Crippen molar-refractivity contribution in [2.24, 2.45) is 0 Å². The summed E-state index contributed by atoms with van der Waals surface area (Å²) in [6.07, 6.45) is 9.06. The second-order valence-corrected chi connectivity index (χ2v) is 11.6. The van der Waals surface area contributed by atoms with Crippen molar-refractivity contribution >= 4 is 23.5 Å². The standard InChI is InChI=1S/C22H40O5S2/c1-5-6-7-8-9-10-12-24-16(15-17-28-13-11-14-29-17)18-19-20(21(23-4)25-18)27-22(2,3)26-19/h16-21H,5-15H2,1-4H3/t16-,18-,19+,20+,21+/m1/s1. The van der Waals surface area contributed by atoms with Crippen LogP contribution in [0.1, 0.15) is 72.1 Å². The zero-order chi connectivity index (χ0) is 20.7. The Hall–Kier alpha value is 0.500. The van der Waals surface area contributed by atoms with Crippen LogP contribution >= 0.6 is 23.5 Å². The Morgan fingerprint density at radius 3 is 2.41 bits per heavy atom. The molecule has 3 aliphatic rings. The van der Waals surface area contributed by atoms with Gasteiger partial charge in [0.05, 0.1) is 10.7 Å². The third-order valence-corrected chi connectivity index (χ3v) is 8.79. The molecule has 0 aromatic heterocycles. The summed E-state index contributed by atoms with van der Waals surface area (Å²) in [5.74, 6) is 1.88. The minimum Gasteiger partial charge on any atom is -0.375 e. The number of hydrogen-bond donors (Lipinski definition) is 0. The maximum absolute atomic E-state index is 6.46. The van der Waals surface area contributed by atoms with Crippen molar-refractivity contribution in [1.82, 2.24) is 0 Å². The van der Waals surface area contributed by atoms with E-state index in [9.17, 15) is 0 Å². The summed E-state index contributed by atoms with van der Waals surface area (Å²) in [7, 11) is 1.68. The number of fused-ring (bicyclic) bond motifs is 1. The average Bonchev–Trinajstić information content (AvgIpc) is 3.20. The van der Waals surface area contributed by atoms with Crippen LogP contribution < -0.4 is 0 Å². The molecule has 0 radical (unpaired) electrons. The van der Waals surface area contributed by atoms with E-state index in [1.807, 2.05) is 13.8 Å². The molecular formula is C22H40O5S2. The van der Waals surface area contributed by atoms with E-state index in [2.05, 4.69) is 30.4 Å². The molecule has 0 unspecified atom stereocenters. The fraction of sp³-hybridized carbons (Fsp3) is 1.00. The van der Waals surface area contributed by atoms with Crippen LogP contribution in [0.15, 0.2) is 0 Å². The molecule has 0 N–H and O–H groups in total. The monoisotopic (exact) mass is 448 g/mol. The van der Waals surface area contributed by atoms with Gasteiger partial charge in [-0.15, -0.1) is 23.5 Å². The van der Waals surface area contributed by atoms with Crippen LogP contribution in [0, 0.1) is 0 Å². The second-order valence-electron chi connectivity index (χ2n) is 8.71. The molecule has 3 heterocycles. The first-order valence-electron chi connectivity index (χ1n) is 11.4. The molecule has 3 saturated heterocycles. The van der Waals surface area contributed by atoms with E-state index in [4.69, 9.17) is 23.7 Å². The van der Waals surface area contributed by atoms with Crippen LogP contribution in [0.4, 0.5) is 0 Å². The fourth-order valence-corrected chi connectivity index (χ4v) is 7.30. The van der Waals surface area contributed by atoms with Crippen LogP contribution in [0.2, 0.25) is 0 Å². The summed E-state index contributed by atoms with van der Waals surface area (Å²) < 4.78 is 31.2. The van der Waals surface area contributed by atoms with Crippen LogP contribution in [0.5, 0.6) is 0 Å². The molecule has 0 amide bonds. The zero-order valence-electron chi connectivity index (χ0n) is 18.6. The van der Waals surface area contributed by atoms with E-state index in [0.29, 0.717) is 4.58 Å². The number of methoxy groups -OCH3 is 1. The lowest BCUT2D eigenvalue weighted by molar-refractivity contribution is -0.240. The van der Waals surface area contributed by atoms with Crippen molar-refractivity contribution < 1.29 is 23.7 Å². The Labute approximate surface area is 185 Å². The van der Waals surface area contributed by atoms with Crippen molar-refractivity contribution in [3.63, 3.8) is 0 Å².